The van der Waals surface area contributed by atoms with E-state index in [1.807, 2.05) is 18.2 Å². The average Bonchev–Trinajstić information content (AvgIpc) is 2.94. The molecule has 0 saturated carbocycles. The first-order valence-electron chi connectivity index (χ1n) is 9.29. The van der Waals surface area contributed by atoms with Gasteiger partial charge in [0.05, 0.1) is 4.90 Å². The van der Waals surface area contributed by atoms with Gasteiger partial charge >= 0.3 is 0 Å². The van der Waals surface area contributed by atoms with Crippen LogP contribution in [0.2, 0.25) is 0 Å². The van der Waals surface area contributed by atoms with Gasteiger partial charge in [-0.3, -0.25) is 4.90 Å². The summed E-state index contributed by atoms with van der Waals surface area (Å²) in [4.78, 5) is 2.58. The van der Waals surface area contributed by atoms with E-state index in [1.165, 1.54) is 5.56 Å². The molecule has 2 aliphatic heterocycles. The van der Waals surface area contributed by atoms with Crippen molar-refractivity contribution in [3.63, 3.8) is 0 Å². The third kappa shape index (κ3) is 4.10. The van der Waals surface area contributed by atoms with E-state index < -0.39 is 10.0 Å². The fourth-order valence-electron chi connectivity index (χ4n) is 3.52. The first-order valence-corrected chi connectivity index (χ1v) is 10.7. The summed E-state index contributed by atoms with van der Waals surface area (Å²) in [5.41, 5.74) is 1.25. The SMILES string of the molecule is O=S(=O)(c1ccc2c(c1)OCCO2)N1CCCN(Cc2ccccc2)CC1. The predicted molar refractivity (Wildman–Crippen MR) is 103 cm³/mol. The van der Waals surface area contributed by atoms with Crippen molar-refractivity contribution in [1.29, 1.82) is 0 Å². The molecule has 0 bridgehead atoms. The van der Waals surface area contributed by atoms with E-state index in [2.05, 4.69) is 17.0 Å². The van der Waals surface area contributed by atoms with E-state index in [0.29, 0.717) is 37.8 Å². The first kappa shape index (κ1) is 18.3. The monoisotopic (exact) mass is 388 g/mol. The minimum atomic E-state index is -3.54. The van der Waals surface area contributed by atoms with Crippen LogP contribution in [0.4, 0.5) is 0 Å². The Kier molecular flexibility index (Phi) is 5.33. The van der Waals surface area contributed by atoms with Gasteiger partial charge in [-0.2, -0.15) is 4.31 Å². The Morgan fingerprint density at radius 3 is 2.44 bits per heavy atom. The molecule has 4 rings (SSSR count). The van der Waals surface area contributed by atoms with Gasteiger partial charge in [-0.1, -0.05) is 30.3 Å². The van der Waals surface area contributed by atoms with E-state index >= 15 is 0 Å². The van der Waals surface area contributed by atoms with Gasteiger partial charge in [0.2, 0.25) is 10.0 Å². The summed E-state index contributed by atoms with van der Waals surface area (Å²) < 4.78 is 38.8. The second-order valence-electron chi connectivity index (χ2n) is 6.82. The first-order chi connectivity index (χ1) is 13.1. The number of hydrogen-bond donors (Lipinski definition) is 0. The van der Waals surface area contributed by atoms with Gasteiger partial charge in [-0.15, -0.1) is 0 Å². The maximum Gasteiger partial charge on any atom is 0.243 e. The Hall–Kier alpha value is -2.09. The van der Waals surface area contributed by atoms with Crippen molar-refractivity contribution in [3.05, 3.63) is 54.1 Å². The van der Waals surface area contributed by atoms with Gasteiger partial charge in [-0.05, 0) is 30.7 Å². The molecule has 0 atom stereocenters. The van der Waals surface area contributed by atoms with Crippen LogP contribution in [0.5, 0.6) is 11.5 Å². The summed E-state index contributed by atoms with van der Waals surface area (Å²) in [6, 6.07) is 15.2. The summed E-state index contributed by atoms with van der Waals surface area (Å²) in [7, 11) is -3.54. The van der Waals surface area contributed by atoms with Crippen LogP contribution in [0.1, 0.15) is 12.0 Å². The van der Waals surface area contributed by atoms with E-state index in [1.54, 1.807) is 22.5 Å². The highest BCUT2D eigenvalue weighted by Crippen LogP contribution is 2.33. The third-order valence-electron chi connectivity index (χ3n) is 4.95. The van der Waals surface area contributed by atoms with Crippen LogP contribution in [-0.4, -0.2) is 57.0 Å². The van der Waals surface area contributed by atoms with Crippen LogP contribution in [0.15, 0.2) is 53.4 Å². The number of ether oxygens (including phenoxy) is 2. The van der Waals surface area contributed by atoms with Crippen LogP contribution in [0.3, 0.4) is 0 Å². The largest absolute Gasteiger partial charge is 0.486 e. The molecule has 0 radical (unpaired) electrons. The molecule has 0 unspecified atom stereocenters. The lowest BCUT2D eigenvalue weighted by atomic mass is 10.2. The molecule has 0 aliphatic carbocycles. The Morgan fingerprint density at radius 1 is 0.852 bits per heavy atom. The normalized spacial score (nSPS) is 18.8. The van der Waals surface area contributed by atoms with Crippen molar-refractivity contribution in [2.45, 2.75) is 17.9 Å². The third-order valence-corrected chi connectivity index (χ3v) is 6.84. The predicted octanol–water partition coefficient (Wildman–Crippen LogP) is 2.35. The highest BCUT2D eigenvalue weighted by Gasteiger charge is 2.28. The molecule has 7 heteroatoms. The summed E-state index contributed by atoms with van der Waals surface area (Å²) in [6.45, 7) is 4.41. The molecule has 1 fully saturated rings. The van der Waals surface area contributed by atoms with E-state index in [-0.39, 0.29) is 4.90 Å². The maximum atomic E-state index is 13.1. The Morgan fingerprint density at radius 2 is 1.63 bits per heavy atom. The van der Waals surface area contributed by atoms with Crippen LogP contribution in [-0.2, 0) is 16.6 Å². The number of hydrogen-bond acceptors (Lipinski definition) is 5. The fourth-order valence-corrected chi connectivity index (χ4v) is 5.01. The highest BCUT2D eigenvalue weighted by atomic mass is 32.2. The molecule has 0 aromatic heterocycles. The molecule has 27 heavy (non-hydrogen) atoms. The van der Waals surface area contributed by atoms with Gasteiger partial charge in [0.15, 0.2) is 11.5 Å². The summed E-state index contributed by atoms with van der Waals surface area (Å²) in [6.07, 6.45) is 0.816. The molecule has 2 aliphatic rings. The van der Waals surface area contributed by atoms with Gasteiger partial charge in [0.1, 0.15) is 13.2 Å². The molecule has 0 N–H and O–H groups in total. The Balaban J connectivity index is 1.46. The van der Waals surface area contributed by atoms with Crippen LogP contribution in [0, 0.1) is 0 Å². The zero-order valence-electron chi connectivity index (χ0n) is 15.2. The second kappa shape index (κ2) is 7.88. The Bertz CT molecular complexity index is 886. The summed E-state index contributed by atoms with van der Waals surface area (Å²) in [5, 5.41) is 0. The Labute approximate surface area is 160 Å². The smallest absolute Gasteiger partial charge is 0.243 e. The average molecular weight is 388 g/mol. The van der Waals surface area contributed by atoms with Gasteiger partial charge in [0, 0.05) is 32.2 Å². The minimum Gasteiger partial charge on any atom is -0.486 e. The number of nitrogens with zero attached hydrogens (tertiary/aromatic N) is 2. The molecule has 1 saturated heterocycles. The molecule has 6 nitrogen and oxygen atoms in total. The lowest BCUT2D eigenvalue weighted by Gasteiger charge is -2.23. The van der Waals surface area contributed by atoms with Crippen molar-refractivity contribution in [1.82, 2.24) is 9.21 Å². The van der Waals surface area contributed by atoms with Crippen molar-refractivity contribution in [2.24, 2.45) is 0 Å². The molecule has 0 amide bonds. The van der Waals surface area contributed by atoms with Gasteiger partial charge in [-0.25, -0.2) is 8.42 Å². The molecule has 2 aromatic carbocycles. The van der Waals surface area contributed by atoms with Crippen LogP contribution in [0.25, 0.3) is 0 Å². The quantitative estimate of drug-likeness (QED) is 0.805. The van der Waals surface area contributed by atoms with Crippen LogP contribution >= 0.6 is 0 Å². The standard InChI is InChI=1S/C20H24N2O4S/c23-27(24,18-7-8-19-20(15-18)26-14-13-25-19)22-10-4-9-21(11-12-22)16-17-5-2-1-3-6-17/h1-3,5-8,15H,4,9-14,16H2. The molecule has 2 heterocycles. The topological polar surface area (TPSA) is 59.1 Å². The number of sulfonamides is 1. The van der Waals surface area contributed by atoms with E-state index in [0.717, 1.165) is 26.1 Å². The number of fused-ring (bicyclic) bond motifs is 1. The number of rotatable bonds is 4. The molecule has 144 valence electrons. The fraction of sp³-hybridized carbons (Fsp3) is 0.400. The van der Waals surface area contributed by atoms with Gasteiger partial charge in [0.25, 0.3) is 0 Å². The summed E-state index contributed by atoms with van der Waals surface area (Å²) >= 11 is 0. The van der Waals surface area contributed by atoms with Crippen molar-refractivity contribution < 1.29 is 17.9 Å². The lowest BCUT2D eigenvalue weighted by Crippen LogP contribution is -2.35. The zero-order chi connectivity index (χ0) is 18.7. The van der Waals surface area contributed by atoms with Crippen molar-refractivity contribution in [3.8, 4) is 11.5 Å². The molecular formula is C20H24N2O4S. The molecule has 2 aromatic rings. The molecular weight excluding hydrogens is 364 g/mol. The van der Waals surface area contributed by atoms with Crippen molar-refractivity contribution >= 4 is 10.0 Å². The highest BCUT2D eigenvalue weighted by molar-refractivity contribution is 7.89. The summed E-state index contributed by atoms with van der Waals surface area (Å²) in [5.74, 6) is 1.10. The molecule has 0 spiro atoms. The van der Waals surface area contributed by atoms with Crippen molar-refractivity contribution in [2.75, 3.05) is 39.4 Å². The van der Waals surface area contributed by atoms with Gasteiger partial charge < -0.3 is 9.47 Å². The number of benzene rings is 2. The van der Waals surface area contributed by atoms with E-state index in [4.69, 9.17) is 9.47 Å². The maximum absolute atomic E-state index is 13.1. The van der Waals surface area contributed by atoms with E-state index in [9.17, 15) is 8.42 Å². The lowest BCUT2D eigenvalue weighted by molar-refractivity contribution is 0.171. The van der Waals surface area contributed by atoms with Crippen LogP contribution < -0.4 is 9.47 Å². The zero-order valence-corrected chi connectivity index (χ0v) is 16.0. The second-order valence-corrected chi connectivity index (χ2v) is 8.76. The minimum absolute atomic E-state index is 0.267.